The number of halogens is 1. The van der Waals surface area contributed by atoms with E-state index in [0.717, 1.165) is 15.5 Å². The second kappa shape index (κ2) is 7.25. The van der Waals surface area contributed by atoms with E-state index in [-0.39, 0.29) is 0 Å². The van der Waals surface area contributed by atoms with Gasteiger partial charge in [0.2, 0.25) is 0 Å². The lowest BCUT2D eigenvalue weighted by atomic mass is 10.1. The van der Waals surface area contributed by atoms with Gasteiger partial charge in [-0.3, -0.25) is 0 Å². The van der Waals surface area contributed by atoms with Crippen molar-refractivity contribution in [2.75, 3.05) is 12.0 Å². The van der Waals surface area contributed by atoms with E-state index >= 15 is 0 Å². The van der Waals surface area contributed by atoms with Crippen molar-refractivity contribution >= 4 is 35.1 Å². The monoisotopic (exact) mass is 310 g/mol. The van der Waals surface area contributed by atoms with Gasteiger partial charge in [-0.25, -0.2) is 0 Å². The summed E-state index contributed by atoms with van der Waals surface area (Å²) in [5.74, 6) is 0.639. The zero-order chi connectivity index (χ0) is 13.7. The highest BCUT2D eigenvalue weighted by Gasteiger charge is 2.08. The Bertz CT molecular complexity index is 511. The third-order valence-corrected chi connectivity index (χ3v) is 4.81. The van der Waals surface area contributed by atoms with Crippen molar-refractivity contribution in [1.29, 1.82) is 0 Å². The third-order valence-electron chi connectivity index (χ3n) is 2.72. The molecule has 0 spiro atoms. The molecule has 100 valence electrons. The van der Waals surface area contributed by atoms with Crippen molar-refractivity contribution in [3.8, 4) is 0 Å². The quantitative estimate of drug-likeness (QED) is 0.794. The van der Waals surface area contributed by atoms with Gasteiger partial charge in [0, 0.05) is 20.6 Å². The number of hydrogen-bond donors (Lipinski definition) is 1. The van der Waals surface area contributed by atoms with E-state index in [1.807, 2.05) is 54.8 Å². The highest BCUT2D eigenvalue weighted by Crippen LogP contribution is 2.26. The summed E-state index contributed by atoms with van der Waals surface area (Å²) in [4.78, 5) is 2.32. The zero-order valence-electron chi connectivity index (χ0n) is 10.5. The first kappa shape index (κ1) is 14.8. The Morgan fingerprint density at radius 1 is 1.00 bits per heavy atom. The van der Waals surface area contributed by atoms with Gasteiger partial charge in [0.1, 0.15) is 0 Å². The van der Waals surface area contributed by atoms with Crippen LogP contribution < -0.4 is 0 Å². The molecule has 2 aromatic rings. The van der Waals surface area contributed by atoms with Gasteiger partial charge in [-0.2, -0.15) is 0 Å². The molecule has 1 nitrogen and oxygen atoms in total. The average Bonchev–Trinajstić information content (AvgIpc) is 2.46. The summed E-state index contributed by atoms with van der Waals surface area (Å²) in [5.41, 5.74) is 0.958. The second-order valence-electron chi connectivity index (χ2n) is 4.05. The topological polar surface area (TPSA) is 20.2 Å². The summed E-state index contributed by atoms with van der Waals surface area (Å²) in [6.07, 6.45) is 1.60. The van der Waals surface area contributed by atoms with Crippen LogP contribution >= 0.6 is 35.1 Å². The molecule has 0 saturated carbocycles. The summed E-state index contributed by atoms with van der Waals surface area (Å²) < 4.78 is 0. The predicted molar refractivity (Wildman–Crippen MR) is 85.4 cm³/mol. The molecule has 0 aromatic heterocycles. The molecular formula is C15H15ClOS2. The van der Waals surface area contributed by atoms with Crippen LogP contribution in [-0.2, 0) is 0 Å². The van der Waals surface area contributed by atoms with Crippen molar-refractivity contribution in [2.24, 2.45) is 0 Å². The van der Waals surface area contributed by atoms with E-state index in [4.69, 9.17) is 11.6 Å². The molecule has 1 N–H and O–H groups in total. The fraction of sp³-hybridized carbons (Fsp3) is 0.200. The maximum Gasteiger partial charge on any atom is 0.0883 e. The fourth-order valence-electron chi connectivity index (χ4n) is 1.63. The van der Waals surface area contributed by atoms with Gasteiger partial charge in [-0.15, -0.1) is 23.5 Å². The summed E-state index contributed by atoms with van der Waals surface area (Å²) in [5, 5.41) is 10.9. The summed E-state index contributed by atoms with van der Waals surface area (Å²) in [6, 6.07) is 15.7. The normalized spacial score (nSPS) is 12.4. The Hall–Kier alpha value is -0.610. The molecule has 1 atom stereocenters. The van der Waals surface area contributed by atoms with Crippen LogP contribution in [0, 0.1) is 0 Å². The molecule has 0 heterocycles. The number of aliphatic hydroxyl groups is 1. The van der Waals surface area contributed by atoms with Crippen LogP contribution in [0.15, 0.2) is 58.3 Å². The van der Waals surface area contributed by atoms with E-state index in [0.29, 0.717) is 5.75 Å². The first-order valence-electron chi connectivity index (χ1n) is 5.89. The van der Waals surface area contributed by atoms with E-state index in [9.17, 15) is 5.11 Å². The molecule has 0 fully saturated rings. The molecule has 19 heavy (non-hydrogen) atoms. The summed E-state index contributed by atoms with van der Waals surface area (Å²) >= 11 is 9.17. The Morgan fingerprint density at radius 2 is 1.58 bits per heavy atom. The Balaban J connectivity index is 1.93. The van der Waals surface area contributed by atoms with Gasteiger partial charge in [0.15, 0.2) is 0 Å². The lowest BCUT2D eigenvalue weighted by Crippen LogP contribution is -2.00. The van der Waals surface area contributed by atoms with Gasteiger partial charge in [-0.05, 0) is 48.2 Å². The van der Waals surface area contributed by atoms with Gasteiger partial charge < -0.3 is 5.11 Å². The summed E-state index contributed by atoms with van der Waals surface area (Å²) in [7, 11) is 0. The largest absolute Gasteiger partial charge is 0.388 e. The first-order chi connectivity index (χ1) is 9.19. The van der Waals surface area contributed by atoms with Crippen LogP contribution in [0.1, 0.15) is 11.7 Å². The van der Waals surface area contributed by atoms with Crippen molar-refractivity contribution < 1.29 is 5.11 Å². The molecule has 0 amide bonds. The number of thioether (sulfide) groups is 2. The SMILES string of the molecule is CSc1ccc([C@@H](O)CSc2ccc(Cl)cc2)cc1. The third kappa shape index (κ3) is 4.46. The number of hydrogen-bond acceptors (Lipinski definition) is 3. The minimum atomic E-state index is -0.448. The molecule has 2 rings (SSSR count). The molecule has 0 radical (unpaired) electrons. The van der Waals surface area contributed by atoms with Gasteiger partial charge in [-0.1, -0.05) is 23.7 Å². The summed E-state index contributed by atoms with van der Waals surface area (Å²) in [6.45, 7) is 0. The van der Waals surface area contributed by atoms with E-state index in [1.165, 1.54) is 4.90 Å². The van der Waals surface area contributed by atoms with Crippen LogP contribution in [0.25, 0.3) is 0 Å². The molecule has 0 unspecified atom stereocenters. The second-order valence-corrected chi connectivity index (χ2v) is 6.46. The molecule has 0 saturated heterocycles. The smallest absolute Gasteiger partial charge is 0.0883 e. The molecule has 2 aromatic carbocycles. The zero-order valence-corrected chi connectivity index (χ0v) is 12.9. The van der Waals surface area contributed by atoms with E-state index < -0.39 is 6.10 Å². The lowest BCUT2D eigenvalue weighted by molar-refractivity contribution is 0.204. The molecule has 0 aliphatic carbocycles. The minimum absolute atomic E-state index is 0.448. The molecule has 0 bridgehead atoms. The Labute approximate surface area is 127 Å². The predicted octanol–water partition coefficient (Wildman–Crippen LogP) is 4.89. The fourth-order valence-corrected chi connectivity index (χ4v) is 3.03. The Kier molecular flexibility index (Phi) is 5.64. The number of aliphatic hydroxyl groups excluding tert-OH is 1. The molecular weight excluding hydrogens is 296 g/mol. The van der Waals surface area contributed by atoms with Gasteiger partial charge >= 0.3 is 0 Å². The Morgan fingerprint density at radius 3 is 2.16 bits per heavy atom. The maximum absolute atomic E-state index is 10.1. The molecule has 0 aliphatic heterocycles. The van der Waals surface area contributed by atoms with Crippen molar-refractivity contribution in [3.05, 3.63) is 59.1 Å². The molecule has 4 heteroatoms. The molecule has 0 aliphatic rings. The standard InChI is InChI=1S/C15H15ClOS2/c1-18-13-6-2-11(3-7-13)15(17)10-19-14-8-4-12(16)5-9-14/h2-9,15,17H,10H2,1H3/t15-/m0/s1. The average molecular weight is 311 g/mol. The van der Waals surface area contributed by atoms with Gasteiger partial charge in [0.25, 0.3) is 0 Å². The van der Waals surface area contributed by atoms with E-state index in [1.54, 1.807) is 23.5 Å². The lowest BCUT2D eigenvalue weighted by Gasteiger charge is -2.11. The van der Waals surface area contributed by atoms with E-state index in [2.05, 4.69) is 0 Å². The van der Waals surface area contributed by atoms with Crippen molar-refractivity contribution in [1.82, 2.24) is 0 Å². The van der Waals surface area contributed by atoms with Crippen LogP contribution in [0.2, 0.25) is 5.02 Å². The minimum Gasteiger partial charge on any atom is -0.388 e. The number of benzene rings is 2. The first-order valence-corrected chi connectivity index (χ1v) is 8.48. The highest BCUT2D eigenvalue weighted by atomic mass is 35.5. The number of rotatable bonds is 5. The van der Waals surface area contributed by atoms with Crippen molar-refractivity contribution in [3.63, 3.8) is 0 Å². The van der Waals surface area contributed by atoms with Gasteiger partial charge in [0.05, 0.1) is 6.10 Å². The van der Waals surface area contributed by atoms with Crippen LogP contribution in [0.5, 0.6) is 0 Å². The van der Waals surface area contributed by atoms with Crippen LogP contribution in [0.3, 0.4) is 0 Å². The van der Waals surface area contributed by atoms with Crippen LogP contribution in [0.4, 0.5) is 0 Å². The highest BCUT2D eigenvalue weighted by molar-refractivity contribution is 7.99. The van der Waals surface area contributed by atoms with Crippen LogP contribution in [-0.4, -0.2) is 17.1 Å². The van der Waals surface area contributed by atoms with Crippen molar-refractivity contribution in [2.45, 2.75) is 15.9 Å². The maximum atomic E-state index is 10.1.